The Morgan fingerprint density at radius 2 is 1.54 bits per heavy atom. The minimum Gasteiger partial charge on any atom is -0.352 e. The van der Waals surface area contributed by atoms with Gasteiger partial charge in [-0.05, 0) is 17.2 Å². The largest absolute Gasteiger partial charge is 0.352 e. The maximum absolute atomic E-state index is 12.4. The summed E-state index contributed by atoms with van der Waals surface area (Å²) in [5, 5.41) is 6.27. The lowest BCUT2D eigenvalue weighted by molar-refractivity contribution is 0.0946. The number of hydrogen-bond acceptors (Lipinski definition) is 4. The van der Waals surface area contributed by atoms with Crippen molar-refractivity contribution >= 4 is 22.9 Å². The number of rotatable bonds is 6. The van der Waals surface area contributed by atoms with E-state index in [9.17, 15) is 9.59 Å². The van der Waals surface area contributed by atoms with E-state index in [1.807, 2.05) is 60.7 Å². The summed E-state index contributed by atoms with van der Waals surface area (Å²) < 4.78 is 0. The number of anilines is 1. The Balaban J connectivity index is 1.49. The SMILES string of the molecule is O=C(NCc1ccccc1)c1cc2c(=O)[nH]c(NCc3ccccc3)nc2[nH]1. The fourth-order valence-corrected chi connectivity index (χ4v) is 2.88. The van der Waals surface area contributed by atoms with Crippen LogP contribution in [0.5, 0.6) is 0 Å². The van der Waals surface area contributed by atoms with Crippen molar-refractivity contribution in [1.82, 2.24) is 20.3 Å². The highest BCUT2D eigenvalue weighted by Gasteiger charge is 2.13. The summed E-state index contributed by atoms with van der Waals surface area (Å²) in [6.45, 7) is 0.934. The lowest BCUT2D eigenvalue weighted by atomic mass is 10.2. The zero-order valence-corrected chi connectivity index (χ0v) is 15.0. The molecule has 2 aromatic carbocycles. The quantitative estimate of drug-likeness (QED) is 0.417. The number of amides is 1. The Bertz CT molecular complexity index is 1150. The van der Waals surface area contributed by atoms with Gasteiger partial charge in [-0.3, -0.25) is 14.6 Å². The van der Waals surface area contributed by atoms with Crippen molar-refractivity contribution in [2.24, 2.45) is 0 Å². The molecule has 0 aliphatic rings. The Morgan fingerprint density at radius 1 is 0.893 bits per heavy atom. The molecule has 0 bridgehead atoms. The number of benzene rings is 2. The lowest BCUT2D eigenvalue weighted by Crippen LogP contribution is -2.23. The number of aromatic nitrogens is 3. The minimum atomic E-state index is -0.307. The average Bonchev–Trinajstić information content (AvgIpc) is 3.17. The van der Waals surface area contributed by atoms with E-state index in [1.165, 1.54) is 6.07 Å². The van der Waals surface area contributed by atoms with Gasteiger partial charge < -0.3 is 15.6 Å². The third-order valence-corrected chi connectivity index (χ3v) is 4.34. The van der Waals surface area contributed by atoms with E-state index in [0.29, 0.717) is 35.8 Å². The molecule has 28 heavy (non-hydrogen) atoms. The highest BCUT2D eigenvalue weighted by molar-refractivity contribution is 5.97. The summed E-state index contributed by atoms with van der Waals surface area (Å²) in [4.78, 5) is 34.7. The second-order valence-electron chi connectivity index (χ2n) is 6.37. The van der Waals surface area contributed by atoms with Gasteiger partial charge in [0.2, 0.25) is 5.95 Å². The van der Waals surface area contributed by atoms with Crippen molar-refractivity contribution in [2.75, 3.05) is 5.32 Å². The molecule has 0 atom stereocenters. The third kappa shape index (κ3) is 3.93. The van der Waals surface area contributed by atoms with Gasteiger partial charge in [0.15, 0.2) is 0 Å². The van der Waals surface area contributed by atoms with Crippen LogP contribution in [0.3, 0.4) is 0 Å². The van der Waals surface area contributed by atoms with Crippen molar-refractivity contribution < 1.29 is 4.79 Å². The van der Waals surface area contributed by atoms with Gasteiger partial charge in [-0.25, -0.2) is 0 Å². The maximum Gasteiger partial charge on any atom is 0.268 e. The van der Waals surface area contributed by atoms with Gasteiger partial charge in [0.25, 0.3) is 11.5 Å². The van der Waals surface area contributed by atoms with Gasteiger partial charge in [-0.1, -0.05) is 60.7 Å². The number of carbonyl (C=O) groups excluding carboxylic acids is 1. The molecule has 2 heterocycles. The molecule has 4 aromatic rings. The summed E-state index contributed by atoms with van der Waals surface area (Å²) in [6.07, 6.45) is 0. The van der Waals surface area contributed by atoms with E-state index in [1.54, 1.807) is 0 Å². The average molecular weight is 373 g/mol. The van der Waals surface area contributed by atoms with Crippen LogP contribution in [0.15, 0.2) is 71.5 Å². The molecule has 7 nitrogen and oxygen atoms in total. The Labute approximate surface area is 160 Å². The van der Waals surface area contributed by atoms with E-state index in [-0.39, 0.29) is 11.5 Å². The summed E-state index contributed by atoms with van der Waals surface area (Å²) in [5.74, 6) is 0.0551. The van der Waals surface area contributed by atoms with Crippen LogP contribution in [0, 0.1) is 0 Å². The van der Waals surface area contributed by atoms with Crippen LogP contribution >= 0.6 is 0 Å². The fraction of sp³-hybridized carbons (Fsp3) is 0.0952. The molecule has 4 N–H and O–H groups in total. The van der Waals surface area contributed by atoms with Crippen LogP contribution in [0.2, 0.25) is 0 Å². The molecule has 4 rings (SSSR count). The first-order chi connectivity index (χ1) is 13.7. The number of H-pyrrole nitrogens is 2. The summed E-state index contributed by atoms with van der Waals surface area (Å²) in [5.41, 5.74) is 2.42. The van der Waals surface area contributed by atoms with Gasteiger partial charge in [-0.15, -0.1) is 0 Å². The first kappa shape index (κ1) is 17.5. The molecule has 2 aromatic heterocycles. The van der Waals surface area contributed by atoms with Crippen molar-refractivity contribution in [3.8, 4) is 0 Å². The van der Waals surface area contributed by atoms with Crippen LogP contribution < -0.4 is 16.2 Å². The fourth-order valence-electron chi connectivity index (χ4n) is 2.88. The lowest BCUT2D eigenvalue weighted by Gasteiger charge is -2.05. The zero-order valence-electron chi connectivity index (χ0n) is 15.0. The molecule has 0 saturated carbocycles. The second kappa shape index (κ2) is 7.79. The van der Waals surface area contributed by atoms with Crippen LogP contribution in [0.1, 0.15) is 21.6 Å². The maximum atomic E-state index is 12.4. The topological polar surface area (TPSA) is 103 Å². The van der Waals surface area contributed by atoms with Gasteiger partial charge in [-0.2, -0.15) is 4.98 Å². The molecule has 0 unspecified atom stereocenters. The summed E-state index contributed by atoms with van der Waals surface area (Å²) >= 11 is 0. The molecule has 140 valence electrons. The molecule has 0 aliphatic carbocycles. The second-order valence-corrected chi connectivity index (χ2v) is 6.37. The van der Waals surface area contributed by atoms with Crippen molar-refractivity contribution in [3.63, 3.8) is 0 Å². The standard InChI is InChI=1S/C21H19N5O2/c27-19-16-11-17(20(28)22-12-14-7-3-1-4-8-14)24-18(16)25-21(26-19)23-13-15-9-5-2-6-10-15/h1-11H,12-13H2,(H,22,28)(H3,23,24,25,26,27). The highest BCUT2D eigenvalue weighted by Crippen LogP contribution is 2.12. The Kier molecular flexibility index (Phi) is 4.88. The number of carbonyl (C=O) groups is 1. The van der Waals surface area contributed by atoms with Crippen LogP contribution in [-0.2, 0) is 13.1 Å². The predicted molar refractivity (Wildman–Crippen MR) is 108 cm³/mol. The van der Waals surface area contributed by atoms with Gasteiger partial charge in [0, 0.05) is 13.1 Å². The molecule has 0 spiro atoms. The van der Waals surface area contributed by atoms with E-state index in [4.69, 9.17) is 0 Å². The first-order valence-electron chi connectivity index (χ1n) is 8.92. The third-order valence-electron chi connectivity index (χ3n) is 4.34. The number of aromatic amines is 2. The van der Waals surface area contributed by atoms with Crippen LogP contribution in [-0.4, -0.2) is 20.9 Å². The summed E-state index contributed by atoms with van der Waals surface area (Å²) in [6, 6.07) is 20.9. The van der Waals surface area contributed by atoms with E-state index < -0.39 is 0 Å². The van der Waals surface area contributed by atoms with E-state index >= 15 is 0 Å². The van der Waals surface area contributed by atoms with Crippen molar-refractivity contribution in [3.05, 3.63) is 93.9 Å². The molecule has 7 heteroatoms. The smallest absolute Gasteiger partial charge is 0.268 e. The van der Waals surface area contributed by atoms with E-state index in [2.05, 4.69) is 25.6 Å². The van der Waals surface area contributed by atoms with Crippen molar-refractivity contribution in [1.29, 1.82) is 0 Å². The molecular formula is C21H19N5O2. The molecule has 1 amide bonds. The number of hydrogen-bond donors (Lipinski definition) is 4. The Morgan fingerprint density at radius 3 is 2.21 bits per heavy atom. The van der Waals surface area contributed by atoms with Crippen LogP contribution in [0.4, 0.5) is 5.95 Å². The van der Waals surface area contributed by atoms with Crippen molar-refractivity contribution in [2.45, 2.75) is 13.1 Å². The highest BCUT2D eigenvalue weighted by atomic mass is 16.2. The molecule has 0 radical (unpaired) electrons. The molecule has 0 fully saturated rings. The Hall–Kier alpha value is -3.87. The zero-order chi connectivity index (χ0) is 19.3. The molecular weight excluding hydrogens is 354 g/mol. The van der Waals surface area contributed by atoms with E-state index in [0.717, 1.165) is 11.1 Å². The number of fused-ring (bicyclic) bond motifs is 1. The van der Waals surface area contributed by atoms with Gasteiger partial charge in [0.05, 0.1) is 5.39 Å². The summed E-state index contributed by atoms with van der Waals surface area (Å²) in [7, 11) is 0. The van der Waals surface area contributed by atoms with Gasteiger partial charge in [0.1, 0.15) is 11.3 Å². The minimum absolute atomic E-state index is 0.292. The number of nitrogens with one attached hydrogen (secondary N) is 4. The van der Waals surface area contributed by atoms with Crippen LogP contribution in [0.25, 0.3) is 11.0 Å². The number of nitrogens with zero attached hydrogens (tertiary/aromatic N) is 1. The first-order valence-corrected chi connectivity index (χ1v) is 8.92. The predicted octanol–water partition coefficient (Wildman–Crippen LogP) is 2.79. The molecule has 0 aliphatic heterocycles. The molecule has 0 saturated heterocycles. The normalized spacial score (nSPS) is 10.7. The monoisotopic (exact) mass is 373 g/mol. The van der Waals surface area contributed by atoms with Gasteiger partial charge >= 0.3 is 0 Å².